The van der Waals surface area contributed by atoms with Crippen molar-refractivity contribution in [3.05, 3.63) is 12.2 Å². The SMILES string of the molecule is CCCCCCCC/C=C/CCCCCCCCCCCCCC(=O)O[C@H](COC(=O)CCCCCCCCCCCCCCCCCCC)COP(=O)(O)OC[C@@H](O)CO. The molecule has 0 aromatic heterocycles. The number of hydrogen-bond acceptors (Lipinski definition) is 9. The number of aliphatic hydroxyl groups excluding tert-OH is 2. The number of hydrogen-bond donors (Lipinski definition) is 3. The van der Waals surface area contributed by atoms with Gasteiger partial charge in [-0.05, 0) is 38.5 Å². The van der Waals surface area contributed by atoms with Gasteiger partial charge in [0.25, 0.3) is 0 Å². The van der Waals surface area contributed by atoms with E-state index in [0.29, 0.717) is 12.8 Å². The molecule has 0 aliphatic carbocycles. The Morgan fingerprint density at radius 1 is 0.475 bits per heavy atom. The molecule has 11 heteroatoms. The fourth-order valence-electron chi connectivity index (χ4n) is 7.46. The van der Waals surface area contributed by atoms with Crippen molar-refractivity contribution in [1.29, 1.82) is 0 Å². The fraction of sp³-hybridized carbons (Fsp3) is 0.920. The molecule has 0 rings (SSSR count). The lowest BCUT2D eigenvalue weighted by Crippen LogP contribution is -2.29. The minimum atomic E-state index is -4.62. The molecule has 3 atom stereocenters. The Balaban J connectivity index is 4.14. The number of carbonyl (C=O) groups is 2. The number of unbranched alkanes of at least 4 members (excludes halogenated alkanes) is 33. The molecule has 0 bridgehead atoms. The van der Waals surface area contributed by atoms with Crippen LogP contribution in [0.2, 0.25) is 0 Å². The monoisotopic (exact) mass is 889 g/mol. The maximum atomic E-state index is 12.7. The summed E-state index contributed by atoms with van der Waals surface area (Å²) in [5, 5.41) is 18.4. The van der Waals surface area contributed by atoms with Crippen LogP contribution < -0.4 is 0 Å². The van der Waals surface area contributed by atoms with Gasteiger partial charge in [0.15, 0.2) is 6.10 Å². The van der Waals surface area contributed by atoms with Crippen LogP contribution in [0.4, 0.5) is 0 Å². The third kappa shape index (κ3) is 46.5. The Hall–Kier alpha value is -1.29. The highest BCUT2D eigenvalue weighted by atomic mass is 31.2. The van der Waals surface area contributed by atoms with Crippen molar-refractivity contribution in [1.82, 2.24) is 0 Å². The number of rotatable bonds is 49. The van der Waals surface area contributed by atoms with E-state index >= 15 is 0 Å². The van der Waals surface area contributed by atoms with Gasteiger partial charge in [0.2, 0.25) is 0 Å². The van der Waals surface area contributed by atoms with E-state index in [0.717, 1.165) is 32.1 Å². The van der Waals surface area contributed by atoms with Crippen molar-refractivity contribution in [3.8, 4) is 0 Å². The van der Waals surface area contributed by atoms with Gasteiger partial charge in [-0.1, -0.05) is 219 Å². The number of ether oxygens (including phenoxy) is 2. The summed E-state index contributed by atoms with van der Waals surface area (Å²) in [5.74, 6) is -0.909. The van der Waals surface area contributed by atoms with Crippen molar-refractivity contribution in [2.24, 2.45) is 0 Å². The van der Waals surface area contributed by atoms with Crippen LogP contribution in [0.15, 0.2) is 12.2 Å². The van der Waals surface area contributed by atoms with Crippen LogP contribution in [0, 0.1) is 0 Å². The highest BCUT2D eigenvalue weighted by molar-refractivity contribution is 7.47. The Morgan fingerprint density at radius 2 is 0.803 bits per heavy atom. The third-order valence-electron chi connectivity index (χ3n) is 11.4. The van der Waals surface area contributed by atoms with Gasteiger partial charge < -0.3 is 24.6 Å². The van der Waals surface area contributed by atoms with Gasteiger partial charge in [-0.2, -0.15) is 0 Å². The summed E-state index contributed by atoms with van der Waals surface area (Å²) in [4.78, 5) is 35.2. The zero-order valence-electron chi connectivity index (χ0n) is 39.7. The number of allylic oxidation sites excluding steroid dienone is 2. The smallest absolute Gasteiger partial charge is 0.462 e. The van der Waals surface area contributed by atoms with E-state index in [2.05, 4.69) is 26.0 Å². The van der Waals surface area contributed by atoms with E-state index in [1.165, 1.54) is 186 Å². The van der Waals surface area contributed by atoms with Crippen molar-refractivity contribution in [2.45, 2.75) is 270 Å². The maximum absolute atomic E-state index is 12.7. The molecule has 0 fully saturated rings. The molecule has 0 spiro atoms. The molecule has 0 aromatic rings. The number of carbonyl (C=O) groups excluding carboxylic acids is 2. The molecule has 10 nitrogen and oxygen atoms in total. The quantitative estimate of drug-likeness (QED) is 0.0233. The topological polar surface area (TPSA) is 149 Å². The minimum Gasteiger partial charge on any atom is -0.462 e. The summed E-state index contributed by atoms with van der Waals surface area (Å²) in [7, 11) is -4.62. The molecule has 0 aliphatic heterocycles. The second kappa shape index (κ2) is 46.7. The Morgan fingerprint density at radius 3 is 1.18 bits per heavy atom. The first-order chi connectivity index (χ1) is 29.7. The number of aliphatic hydroxyl groups is 2. The average molecular weight is 889 g/mol. The highest BCUT2D eigenvalue weighted by Crippen LogP contribution is 2.43. The third-order valence-corrected chi connectivity index (χ3v) is 12.4. The summed E-state index contributed by atoms with van der Waals surface area (Å²) in [6, 6.07) is 0. The standard InChI is InChI=1S/C50H97O10P/c1-3-5-7-9-11-13-15-17-19-21-22-23-24-26-28-30-32-34-36-38-40-42-50(54)60-48(46-59-61(55,56)58-44-47(52)43-51)45-57-49(53)41-39-37-35-33-31-29-27-25-20-18-16-14-12-10-8-6-4-2/h17,19,47-48,51-52H,3-16,18,20-46H2,1-2H3,(H,55,56)/b19-17+/t47-,48+/m0/s1. The van der Waals surface area contributed by atoms with E-state index in [4.69, 9.17) is 23.6 Å². The van der Waals surface area contributed by atoms with Gasteiger partial charge in [-0.3, -0.25) is 18.6 Å². The first kappa shape index (κ1) is 59.7. The molecule has 1 unspecified atom stereocenters. The lowest BCUT2D eigenvalue weighted by molar-refractivity contribution is -0.161. The predicted molar refractivity (Wildman–Crippen MR) is 252 cm³/mol. The van der Waals surface area contributed by atoms with E-state index in [9.17, 15) is 24.2 Å². The van der Waals surface area contributed by atoms with E-state index < -0.39 is 51.8 Å². The number of esters is 2. The lowest BCUT2D eigenvalue weighted by atomic mass is 10.0. The van der Waals surface area contributed by atoms with Crippen LogP contribution in [-0.4, -0.2) is 65.7 Å². The summed E-state index contributed by atoms with van der Waals surface area (Å²) in [6.07, 6.45) is 47.5. The molecular formula is C50H97O10P. The van der Waals surface area contributed by atoms with Gasteiger partial charge in [0.05, 0.1) is 19.8 Å². The van der Waals surface area contributed by atoms with Crippen LogP contribution in [0.1, 0.15) is 258 Å². The molecule has 61 heavy (non-hydrogen) atoms. The molecule has 0 radical (unpaired) electrons. The largest absolute Gasteiger partial charge is 0.472 e. The fourth-order valence-corrected chi connectivity index (χ4v) is 8.25. The zero-order chi connectivity index (χ0) is 44.8. The molecule has 0 aliphatic rings. The average Bonchev–Trinajstić information content (AvgIpc) is 3.25. The Kier molecular flexibility index (Phi) is 45.7. The van der Waals surface area contributed by atoms with Gasteiger partial charge in [0.1, 0.15) is 12.7 Å². The van der Waals surface area contributed by atoms with Crippen molar-refractivity contribution in [3.63, 3.8) is 0 Å². The van der Waals surface area contributed by atoms with Crippen molar-refractivity contribution < 1.29 is 47.8 Å². The Bertz CT molecular complexity index is 1020. The first-order valence-electron chi connectivity index (χ1n) is 25.6. The molecule has 0 amide bonds. The van der Waals surface area contributed by atoms with Crippen LogP contribution in [0.3, 0.4) is 0 Å². The van der Waals surface area contributed by atoms with E-state index in [1.807, 2.05) is 0 Å². The molecule has 3 N–H and O–H groups in total. The van der Waals surface area contributed by atoms with Crippen LogP contribution in [0.25, 0.3) is 0 Å². The predicted octanol–water partition coefficient (Wildman–Crippen LogP) is 14.3. The highest BCUT2D eigenvalue weighted by Gasteiger charge is 2.27. The van der Waals surface area contributed by atoms with Crippen LogP contribution >= 0.6 is 7.82 Å². The van der Waals surface area contributed by atoms with E-state index in [-0.39, 0.29) is 19.4 Å². The maximum Gasteiger partial charge on any atom is 0.472 e. The second-order valence-corrected chi connectivity index (χ2v) is 19.0. The lowest BCUT2D eigenvalue weighted by Gasteiger charge is -2.20. The molecular weight excluding hydrogens is 792 g/mol. The van der Waals surface area contributed by atoms with Gasteiger partial charge in [-0.25, -0.2) is 4.57 Å². The summed E-state index contributed by atoms with van der Waals surface area (Å²) in [5.41, 5.74) is 0. The number of phosphoric ester groups is 1. The van der Waals surface area contributed by atoms with Crippen molar-refractivity contribution >= 4 is 19.8 Å². The van der Waals surface area contributed by atoms with Crippen LogP contribution in [0.5, 0.6) is 0 Å². The molecule has 362 valence electrons. The minimum absolute atomic E-state index is 0.188. The molecule has 0 saturated heterocycles. The zero-order valence-corrected chi connectivity index (χ0v) is 40.5. The Labute approximate surface area is 375 Å². The summed E-state index contributed by atoms with van der Waals surface area (Å²) < 4.78 is 32.9. The summed E-state index contributed by atoms with van der Waals surface area (Å²) >= 11 is 0. The van der Waals surface area contributed by atoms with Gasteiger partial charge >= 0.3 is 19.8 Å². The molecule has 0 saturated carbocycles. The van der Waals surface area contributed by atoms with Gasteiger partial charge in [0, 0.05) is 12.8 Å². The normalized spacial score (nSPS) is 13.7. The molecule has 0 aromatic carbocycles. The first-order valence-corrected chi connectivity index (χ1v) is 27.1. The van der Waals surface area contributed by atoms with Gasteiger partial charge in [-0.15, -0.1) is 0 Å². The number of phosphoric acid groups is 1. The van der Waals surface area contributed by atoms with Crippen molar-refractivity contribution in [2.75, 3.05) is 26.4 Å². The molecule has 0 heterocycles. The van der Waals surface area contributed by atoms with E-state index in [1.54, 1.807) is 0 Å². The summed E-state index contributed by atoms with van der Waals surface area (Å²) in [6.45, 7) is 2.44. The van der Waals surface area contributed by atoms with Crippen LogP contribution in [-0.2, 0) is 32.7 Å². The second-order valence-electron chi connectivity index (χ2n) is 17.6.